The van der Waals surface area contributed by atoms with Crippen molar-refractivity contribution < 1.29 is 28.6 Å². The molecule has 0 heterocycles. The summed E-state index contributed by atoms with van der Waals surface area (Å²) in [5.74, 6) is -0.337. The number of hydrogen-bond donors (Lipinski definition) is 2. The van der Waals surface area contributed by atoms with E-state index in [1.165, 1.54) is 0 Å². The van der Waals surface area contributed by atoms with Crippen LogP contribution in [0.3, 0.4) is 0 Å². The van der Waals surface area contributed by atoms with Crippen LogP contribution >= 0.6 is 0 Å². The third-order valence-corrected chi connectivity index (χ3v) is 3.64. The zero-order valence-corrected chi connectivity index (χ0v) is 16.4. The normalized spacial score (nSPS) is 10.0. The van der Waals surface area contributed by atoms with Crippen LogP contribution in [-0.2, 0) is 9.53 Å². The maximum Gasteiger partial charge on any atom is 0.338 e. The average molecular weight is 400 g/mol. The lowest BCUT2D eigenvalue weighted by molar-refractivity contribution is -0.123. The minimum atomic E-state index is -0.532. The molecule has 0 saturated heterocycles. The van der Waals surface area contributed by atoms with E-state index in [1.807, 2.05) is 6.92 Å². The molecule has 0 radical (unpaired) electrons. The second-order valence-electron chi connectivity index (χ2n) is 5.91. The van der Waals surface area contributed by atoms with Gasteiger partial charge in [-0.1, -0.05) is 6.92 Å². The van der Waals surface area contributed by atoms with Gasteiger partial charge in [0.2, 0.25) is 0 Å². The van der Waals surface area contributed by atoms with E-state index in [0.29, 0.717) is 35.8 Å². The summed E-state index contributed by atoms with van der Waals surface area (Å²) < 4.78 is 15.7. The third-order valence-electron chi connectivity index (χ3n) is 3.64. The fourth-order valence-corrected chi connectivity index (χ4v) is 2.21. The zero-order valence-electron chi connectivity index (χ0n) is 16.4. The lowest BCUT2D eigenvalue weighted by Crippen LogP contribution is -2.43. The van der Waals surface area contributed by atoms with E-state index in [2.05, 4.69) is 10.9 Å². The van der Waals surface area contributed by atoms with Crippen LogP contribution in [0.15, 0.2) is 48.5 Å². The molecule has 2 amide bonds. The second kappa shape index (κ2) is 11.3. The first-order valence-corrected chi connectivity index (χ1v) is 9.25. The van der Waals surface area contributed by atoms with Gasteiger partial charge in [0.25, 0.3) is 11.8 Å². The van der Waals surface area contributed by atoms with Crippen LogP contribution in [-0.4, -0.2) is 37.6 Å². The molecule has 2 aromatic carbocycles. The number of benzene rings is 2. The molecule has 154 valence electrons. The van der Waals surface area contributed by atoms with Crippen molar-refractivity contribution in [2.75, 3.05) is 19.8 Å². The minimum absolute atomic E-state index is 0.291. The Kier molecular flexibility index (Phi) is 8.50. The molecule has 0 aromatic heterocycles. The van der Waals surface area contributed by atoms with Crippen molar-refractivity contribution in [2.24, 2.45) is 0 Å². The van der Waals surface area contributed by atoms with E-state index in [1.54, 1.807) is 55.5 Å². The summed E-state index contributed by atoms with van der Waals surface area (Å²) in [6.07, 6.45) is 0.895. The molecule has 0 fully saturated rings. The van der Waals surface area contributed by atoms with Crippen LogP contribution < -0.4 is 20.3 Å². The van der Waals surface area contributed by atoms with Crippen LogP contribution in [0.4, 0.5) is 0 Å². The molecule has 0 atom stereocenters. The predicted molar refractivity (Wildman–Crippen MR) is 106 cm³/mol. The SMILES string of the molecule is CCCOc1ccc(C(=O)NNC(=O)COc2ccc(C(=O)OCC)cc2)cc1. The maximum absolute atomic E-state index is 12.1. The lowest BCUT2D eigenvalue weighted by Gasteiger charge is -2.10. The maximum atomic E-state index is 12.1. The zero-order chi connectivity index (χ0) is 21.1. The van der Waals surface area contributed by atoms with E-state index >= 15 is 0 Å². The number of nitrogens with one attached hydrogen (secondary N) is 2. The first-order chi connectivity index (χ1) is 14.0. The van der Waals surface area contributed by atoms with Gasteiger partial charge in [-0.25, -0.2) is 4.79 Å². The molecular weight excluding hydrogens is 376 g/mol. The van der Waals surface area contributed by atoms with Gasteiger partial charge < -0.3 is 14.2 Å². The van der Waals surface area contributed by atoms with Gasteiger partial charge >= 0.3 is 5.97 Å². The Labute approximate surface area is 169 Å². The molecule has 2 aromatic rings. The second-order valence-corrected chi connectivity index (χ2v) is 5.91. The summed E-state index contributed by atoms with van der Waals surface area (Å²) in [7, 11) is 0. The number of amides is 2. The predicted octanol–water partition coefficient (Wildman–Crippen LogP) is 2.49. The van der Waals surface area contributed by atoms with Crippen molar-refractivity contribution in [1.29, 1.82) is 0 Å². The fraction of sp³-hybridized carbons (Fsp3) is 0.286. The summed E-state index contributed by atoms with van der Waals surface area (Å²) in [5, 5.41) is 0. The third kappa shape index (κ3) is 7.17. The quantitative estimate of drug-likeness (QED) is 0.495. The topological polar surface area (TPSA) is 103 Å². The smallest absolute Gasteiger partial charge is 0.338 e. The largest absolute Gasteiger partial charge is 0.494 e. The van der Waals surface area contributed by atoms with Crippen LogP contribution in [0.2, 0.25) is 0 Å². The van der Waals surface area contributed by atoms with Gasteiger partial charge in [0, 0.05) is 5.56 Å². The van der Waals surface area contributed by atoms with E-state index in [4.69, 9.17) is 14.2 Å². The van der Waals surface area contributed by atoms with Crippen molar-refractivity contribution in [2.45, 2.75) is 20.3 Å². The number of carbonyl (C=O) groups is 3. The highest BCUT2D eigenvalue weighted by Gasteiger charge is 2.09. The van der Waals surface area contributed by atoms with Gasteiger partial charge in [-0.05, 0) is 61.9 Å². The van der Waals surface area contributed by atoms with Gasteiger partial charge in [0.1, 0.15) is 11.5 Å². The van der Waals surface area contributed by atoms with Gasteiger partial charge in [0.05, 0.1) is 18.8 Å². The van der Waals surface area contributed by atoms with Gasteiger partial charge in [-0.15, -0.1) is 0 Å². The molecule has 0 spiro atoms. The van der Waals surface area contributed by atoms with Crippen LogP contribution in [0.25, 0.3) is 0 Å². The fourth-order valence-electron chi connectivity index (χ4n) is 2.21. The summed E-state index contributed by atoms with van der Waals surface area (Å²) in [5.41, 5.74) is 5.36. The van der Waals surface area contributed by atoms with Crippen LogP contribution in [0, 0.1) is 0 Å². The van der Waals surface area contributed by atoms with Crippen molar-refractivity contribution in [3.63, 3.8) is 0 Å². The molecule has 29 heavy (non-hydrogen) atoms. The Bertz CT molecular complexity index is 818. The number of rotatable bonds is 9. The number of ether oxygens (including phenoxy) is 3. The average Bonchev–Trinajstić information content (AvgIpc) is 2.75. The lowest BCUT2D eigenvalue weighted by atomic mass is 10.2. The molecule has 0 aliphatic rings. The van der Waals surface area contributed by atoms with Crippen molar-refractivity contribution >= 4 is 17.8 Å². The van der Waals surface area contributed by atoms with Gasteiger partial charge in [0.15, 0.2) is 6.61 Å². The first-order valence-electron chi connectivity index (χ1n) is 9.25. The Morgan fingerprint density at radius 3 is 1.97 bits per heavy atom. The minimum Gasteiger partial charge on any atom is -0.494 e. The molecule has 2 N–H and O–H groups in total. The van der Waals surface area contributed by atoms with Crippen LogP contribution in [0.5, 0.6) is 11.5 Å². The Hall–Kier alpha value is -3.55. The molecule has 0 bridgehead atoms. The number of carbonyl (C=O) groups excluding carboxylic acids is 3. The number of hydrazine groups is 1. The molecule has 8 nitrogen and oxygen atoms in total. The Morgan fingerprint density at radius 1 is 0.793 bits per heavy atom. The summed E-state index contributed by atoms with van der Waals surface area (Å²) in [4.78, 5) is 35.5. The first kappa shape index (κ1) is 21.7. The van der Waals surface area contributed by atoms with E-state index in [9.17, 15) is 14.4 Å². The van der Waals surface area contributed by atoms with E-state index in [0.717, 1.165) is 6.42 Å². The monoisotopic (exact) mass is 400 g/mol. The standard InChI is InChI=1S/C21H24N2O6/c1-3-13-28-17-9-5-15(6-10-17)20(25)23-22-19(24)14-29-18-11-7-16(8-12-18)21(26)27-4-2/h5-12H,3-4,13-14H2,1-2H3,(H,22,24)(H,23,25). The molecule has 0 unspecified atom stereocenters. The Morgan fingerprint density at radius 2 is 1.38 bits per heavy atom. The van der Waals surface area contributed by atoms with Crippen molar-refractivity contribution in [3.05, 3.63) is 59.7 Å². The molecule has 0 saturated carbocycles. The van der Waals surface area contributed by atoms with Gasteiger partial charge in [-0.2, -0.15) is 0 Å². The molecule has 0 aliphatic heterocycles. The van der Waals surface area contributed by atoms with Crippen molar-refractivity contribution in [1.82, 2.24) is 10.9 Å². The van der Waals surface area contributed by atoms with Gasteiger partial charge in [-0.3, -0.25) is 20.4 Å². The van der Waals surface area contributed by atoms with Crippen LogP contribution in [0.1, 0.15) is 41.0 Å². The number of esters is 1. The van der Waals surface area contributed by atoms with Crippen molar-refractivity contribution in [3.8, 4) is 11.5 Å². The highest BCUT2D eigenvalue weighted by Crippen LogP contribution is 2.13. The number of hydrogen-bond acceptors (Lipinski definition) is 6. The summed E-state index contributed by atoms with van der Waals surface area (Å²) in [6.45, 7) is 4.33. The summed E-state index contributed by atoms with van der Waals surface area (Å²) >= 11 is 0. The molecule has 2 rings (SSSR count). The molecule has 8 heteroatoms. The van der Waals surface area contributed by atoms with E-state index in [-0.39, 0.29) is 6.61 Å². The molecule has 0 aliphatic carbocycles. The highest BCUT2D eigenvalue weighted by atomic mass is 16.5. The summed E-state index contributed by atoms with van der Waals surface area (Å²) in [6, 6.07) is 12.8. The molecular formula is C21H24N2O6. The van der Waals surface area contributed by atoms with E-state index < -0.39 is 17.8 Å². The Balaban J connectivity index is 1.75. The highest BCUT2D eigenvalue weighted by molar-refractivity contribution is 5.95.